The SMILES string of the molecule is CCC(CC)C(CNCC1(C)COC1)N(C)C. The summed E-state index contributed by atoms with van der Waals surface area (Å²) in [5, 5.41) is 3.64. The molecule has 1 aliphatic heterocycles. The van der Waals surface area contributed by atoms with Crippen LogP contribution >= 0.6 is 0 Å². The summed E-state index contributed by atoms with van der Waals surface area (Å²) in [7, 11) is 4.39. The van der Waals surface area contributed by atoms with E-state index in [2.05, 4.69) is 45.1 Å². The third kappa shape index (κ3) is 4.23. The predicted octanol–water partition coefficient (Wildman–Crippen LogP) is 1.98. The standard InChI is InChI=1S/C14H30N2O/c1-6-12(7-2)13(16(4)5)8-15-9-14(3)10-17-11-14/h12-13,15H,6-11H2,1-5H3. The van der Waals surface area contributed by atoms with Crippen molar-refractivity contribution < 1.29 is 4.74 Å². The number of ether oxygens (including phenoxy) is 1. The van der Waals surface area contributed by atoms with Gasteiger partial charge in [-0.25, -0.2) is 0 Å². The van der Waals surface area contributed by atoms with Crippen LogP contribution in [0.25, 0.3) is 0 Å². The van der Waals surface area contributed by atoms with Crippen LogP contribution in [0.3, 0.4) is 0 Å². The van der Waals surface area contributed by atoms with Crippen molar-refractivity contribution in [3.63, 3.8) is 0 Å². The van der Waals surface area contributed by atoms with Gasteiger partial charge in [-0.1, -0.05) is 33.6 Å². The van der Waals surface area contributed by atoms with Crippen molar-refractivity contribution >= 4 is 0 Å². The Hall–Kier alpha value is -0.120. The first-order valence-corrected chi connectivity index (χ1v) is 6.97. The Morgan fingerprint density at radius 3 is 2.18 bits per heavy atom. The van der Waals surface area contributed by atoms with Crippen LogP contribution in [0.1, 0.15) is 33.6 Å². The van der Waals surface area contributed by atoms with Crippen molar-refractivity contribution in [1.82, 2.24) is 10.2 Å². The quantitative estimate of drug-likeness (QED) is 0.704. The molecule has 3 heteroatoms. The van der Waals surface area contributed by atoms with Gasteiger partial charge in [0.15, 0.2) is 0 Å². The Labute approximate surface area is 107 Å². The molecule has 0 bridgehead atoms. The van der Waals surface area contributed by atoms with Gasteiger partial charge in [-0.05, 0) is 20.0 Å². The summed E-state index contributed by atoms with van der Waals surface area (Å²) in [4.78, 5) is 2.37. The van der Waals surface area contributed by atoms with E-state index in [1.807, 2.05) is 0 Å². The summed E-state index contributed by atoms with van der Waals surface area (Å²) in [6.07, 6.45) is 2.53. The molecule has 1 aliphatic rings. The molecule has 0 spiro atoms. The molecule has 1 atom stereocenters. The van der Waals surface area contributed by atoms with Crippen LogP contribution in [0.2, 0.25) is 0 Å². The molecule has 1 heterocycles. The van der Waals surface area contributed by atoms with E-state index in [1.54, 1.807) is 0 Å². The normalized spacial score (nSPS) is 20.6. The molecule has 0 saturated carbocycles. The average molecular weight is 242 g/mol. The van der Waals surface area contributed by atoms with Gasteiger partial charge in [0, 0.05) is 24.5 Å². The number of likely N-dealkylation sites (N-methyl/N-ethyl adjacent to an activating group) is 1. The molecule has 1 rings (SSSR count). The zero-order chi connectivity index (χ0) is 12.9. The first-order chi connectivity index (χ1) is 8.02. The van der Waals surface area contributed by atoms with Gasteiger partial charge in [-0.3, -0.25) is 0 Å². The second-order valence-corrected chi connectivity index (χ2v) is 6.04. The lowest BCUT2D eigenvalue weighted by atomic mass is 9.88. The smallest absolute Gasteiger partial charge is 0.0554 e. The lowest BCUT2D eigenvalue weighted by Gasteiger charge is -2.39. The van der Waals surface area contributed by atoms with E-state index in [0.717, 1.165) is 32.2 Å². The second kappa shape index (κ2) is 6.72. The van der Waals surface area contributed by atoms with Gasteiger partial charge in [0.25, 0.3) is 0 Å². The van der Waals surface area contributed by atoms with E-state index in [9.17, 15) is 0 Å². The topological polar surface area (TPSA) is 24.5 Å². The predicted molar refractivity (Wildman–Crippen MR) is 73.3 cm³/mol. The van der Waals surface area contributed by atoms with Crippen LogP contribution in [0.15, 0.2) is 0 Å². The average Bonchev–Trinajstić information content (AvgIpc) is 2.25. The minimum atomic E-state index is 0.380. The van der Waals surface area contributed by atoms with Gasteiger partial charge < -0.3 is 15.0 Å². The van der Waals surface area contributed by atoms with E-state index in [4.69, 9.17) is 4.74 Å². The van der Waals surface area contributed by atoms with Crippen molar-refractivity contribution in [3.8, 4) is 0 Å². The molecular formula is C14H30N2O. The molecule has 0 aromatic rings. The minimum Gasteiger partial charge on any atom is -0.380 e. The molecule has 3 nitrogen and oxygen atoms in total. The summed E-state index contributed by atoms with van der Waals surface area (Å²) in [6.45, 7) is 10.9. The third-order valence-electron chi connectivity index (χ3n) is 4.06. The number of hydrogen-bond donors (Lipinski definition) is 1. The molecule has 1 N–H and O–H groups in total. The number of nitrogens with one attached hydrogen (secondary N) is 1. The maximum Gasteiger partial charge on any atom is 0.0554 e. The molecule has 0 amide bonds. The fraction of sp³-hybridized carbons (Fsp3) is 1.00. The molecular weight excluding hydrogens is 212 g/mol. The van der Waals surface area contributed by atoms with Crippen LogP contribution in [-0.4, -0.2) is 51.3 Å². The fourth-order valence-corrected chi connectivity index (χ4v) is 2.68. The zero-order valence-corrected chi connectivity index (χ0v) is 12.3. The number of nitrogens with zero attached hydrogens (tertiary/aromatic N) is 1. The van der Waals surface area contributed by atoms with Gasteiger partial charge in [0.2, 0.25) is 0 Å². The van der Waals surface area contributed by atoms with Crippen LogP contribution < -0.4 is 5.32 Å². The molecule has 0 radical (unpaired) electrons. The van der Waals surface area contributed by atoms with Gasteiger partial charge in [-0.15, -0.1) is 0 Å². The van der Waals surface area contributed by atoms with Gasteiger partial charge in [-0.2, -0.15) is 0 Å². The largest absolute Gasteiger partial charge is 0.380 e. The Kier molecular flexibility index (Phi) is 5.90. The highest BCUT2D eigenvalue weighted by Gasteiger charge is 2.33. The molecule has 1 unspecified atom stereocenters. The van der Waals surface area contributed by atoms with Crippen LogP contribution in [0.4, 0.5) is 0 Å². The lowest BCUT2D eigenvalue weighted by Crippen LogP contribution is -2.50. The van der Waals surface area contributed by atoms with E-state index < -0.39 is 0 Å². The first-order valence-electron chi connectivity index (χ1n) is 6.97. The summed E-state index contributed by atoms with van der Waals surface area (Å²) in [5.41, 5.74) is 0.380. The molecule has 0 aromatic heterocycles. The summed E-state index contributed by atoms with van der Waals surface area (Å²) >= 11 is 0. The Bertz CT molecular complexity index is 210. The van der Waals surface area contributed by atoms with Crippen LogP contribution in [0, 0.1) is 11.3 Å². The highest BCUT2D eigenvalue weighted by atomic mass is 16.5. The molecule has 0 aliphatic carbocycles. The highest BCUT2D eigenvalue weighted by Crippen LogP contribution is 2.25. The Morgan fingerprint density at radius 2 is 1.82 bits per heavy atom. The molecule has 102 valence electrons. The second-order valence-electron chi connectivity index (χ2n) is 6.04. The van der Waals surface area contributed by atoms with E-state index in [1.165, 1.54) is 12.8 Å². The van der Waals surface area contributed by atoms with E-state index >= 15 is 0 Å². The van der Waals surface area contributed by atoms with Crippen molar-refractivity contribution in [2.45, 2.75) is 39.7 Å². The number of hydrogen-bond acceptors (Lipinski definition) is 3. The summed E-state index contributed by atoms with van der Waals surface area (Å²) < 4.78 is 5.28. The maximum atomic E-state index is 5.28. The van der Waals surface area contributed by atoms with Gasteiger partial charge in [0.1, 0.15) is 0 Å². The molecule has 0 aromatic carbocycles. The van der Waals surface area contributed by atoms with Gasteiger partial charge >= 0.3 is 0 Å². The molecule has 17 heavy (non-hydrogen) atoms. The van der Waals surface area contributed by atoms with Crippen LogP contribution in [-0.2, 0) is 4.74 Å². The highest BCUT2D eigenvalue weighted by molar-refractivity contribution is 4.85. The van der Waals surface area contributed by atoms with Crippen molar-refractivity contribution in [1.29, 1.82) is 0 Å². The molecule has 1 saturated heterocycles. The summed E-state index contributed by atoms with van der Waals surface area (Å²) in [6, 6.07) is 0.648. The van der Waals surface area contributed by atoms with Crippen molar-refractivity contribution in [2.75, 3.05) is 40.4 Å². The van der Waals surface area contributed by atoms with E-state index in [0.29, 0.717) is 11.5 Å². The van der Waals surface area contributed by atoms with Gasteiger partial charge in [0.05, 0.1) is 13.2 Å². The lowest BCUT2D eigenvalue weighted by molar-refractivity contribution is -0.0994. The Morgan fingerprint density at radius 1 is 1.24 bits per heavy atom. The fourth-order valence-electron chi connectivity index (χ4n) is 2.68. The van der Waals surface area contributed by atoms with Crippen LogP contribution in [0.5, 0.6) is 0 Å². The first kappa shape index (κ1) is 14.9. The van der Waals surface area contributed by atoms with Crippen molar-refractivity contribution in [2.24, 2.45) is 11.3 Å². The number of rotatable bonds is 8. The third-order valence-corrected chi connectivity index (χ3v) is 4.06. The monoisotopic (exact) mass is 242 g/mol. The zero-order valence-electron chi connectivity index (χ0n) is 12.3. The van der Waals surface area contributed by atoms with E-state index in [-0.39, 0.29) is 0 Å². The minimum absolute atomic E-state index is 0.380. The Balaban J connectivity index is 2.33. The molecule has 1 fully saturated rings. The maximum absolute atomic E-state index is 5.28. The van der Waals surface area contributed by atoms with Crippen molar-refractivity contribution in [3.05, 3.63) is 0 Å². The summed E-state index contributed by atoms with van der Waals surface area (Å²) in [5.74, 6) is 0.794.